The molecule has 1 aliphatic rings. The van der Waals surface area contributed by atoms with Crippen molar-refractivity contribution in [3.05, 3.63) is 84.3 Å². The van der Waals surface area contributed by atoms with Crippen molar-refractivity contribution in [1.82, 2.24) is 19.8 Å². The van der Waals surface area contributed by atoms with Gasteiger partial charge in [0.25, 0.3) is 5.91 Å². The number of ether oxygens (including phenoxy) is 1. The summed E-state index contributed by atoms with van der Waals surface area (Å²) in [6, 6.07) is 18.0. The van der Waals surface area contributed by atoms with Crippen LogP contribution in [0.2, 0.25) is 0 Å². The first-order chi connectivity index (χ1) is 21.7. The van der Waals surface area contributed by atoms with Gasteiger partial charge in [-0.3, -0.25) is 14.4 Å². The lowest BCUT2D eigenvalue weighted by atomic mass is 9.95. The summed E-state index contributed by atoms with van der Waals surface area (Å²) in [5.41, 5.74) is 1.38. The first-order valence-electron chi connectivity index (χ1n) is 15.4. The summed E-state index contributed by atoms with van der Waals surface area (Å²) in [6.07, 6.45) is 6.17. The Kier molecular flexibility index (Phi) is 12.3. The lowest BCUT2D eigenvalue weighted by Crippen LogP contribution is -2.50. The van der Waals surface area contributed by atoms with Crippen molar-refractivity contribution in [3.8, 4) is 0 Å². The Bertz CT molecular complexity index is 1370. The number of amides is 3. The lowest BCUT2D eigenvalue weighted by molar-refractivity contribution is -0.278. The molecule has 3 aromatic rings. The number of carbonyl (C=O) groups is 3. The molecule has 3 amide bonds. The summed E-state index contributed by atoms with van der Waals surface area (Å²) in [7, 11) is 1.46. The fourth-order valence-electron chi connectivity index (χ4n) is 5.20. The van der Waals surface area contributed by atoms with Crippen molar-refractivity contribution in [1.29, 1.82) is 0 Å². The Balaban J connectivity index is 1.48. The van der Waals surface area contributed by atoms with Crippen LogP contribution in [0, 0.1) is 5.41 Å². The Morgan fingerprint density at radius 2 is 1.71 bits per heavy atom. The molecule has 45 heavy (non-hydrogen) atoms. The Labute approximate surface area is 265 Å². The van der Waals surface area contributed by atoms with E-state index in [2.05, 4.69) is 15.6 Å². The van der Waals surface area contributed by atoms with Crippen LogP contribution in [0.25, 0.3) is 0 Å². The van der Waals surface area contributed by atoms with Crippen LogP contribution in [0.3, 0.4) is 0 Å². The van der Waals surface area contributed by atoms with Gasteiger partial charge in [0.2, 0.25) is 11.8 Å². The SMILES string of the molecule is COOCC1CCCN1C(=O)C(CCc1ccccc1)n1cnc(NC(=O)[C@@H](COCc2ccccc2)NC(=O)C(C)(C)C)c1. The largest absolute Gasteiger partial charge is 0.374 e. The maximum atomic E-state index is 14.0. The zero-order chi connectivity index (χ0) is 32.2. The molecular formula is C34H45N5O6. The number of imidazole rings is 1. The van der Waals surface area contributed by atoms with Crippen LogP contribution in [-0.4, -0.2) is 71.1 Å². The van der Waals surface area contributed by atoms with Gasteiger partial charge in [-0.2, -0.15) is 0 Å². The van der Waals surface area contributed by atoms with Gasteiger partial charge in [0, 0.05) is 18.2 Å². The molecule has 242 valence electrons. The van der Waals surface area contributed by atoms with Crippen molar-refractivity contribution in [2.45, 2.75) is 71.2 Å². The molecule has 4 rings (SSSR count). The van der Waals surface area contributed by atoms with Crippen LogP contribution in [-0.2, 0) is 41.9 Å². The monoisotopic (exact) mass is 619 g/mol. The second-order valence-electron chi connectivity index (χ2n) is 12.3. The Morgan fingerprint density at radius 3 is 2.38 bits per heavy atom. The van der Waals surface area contributed by atoms with Gasteiger partial charge in [0.05, 0.1) is 32.7 Å². The van der Waals surface area contributed by atoms with Gasteiger partial charge in [-0.1, -0.05) is 81.4 Å². The summed E-state index contributed by atoms with van der Waals surface area (Å²) in [5.74, 6) is -0.501. The van der Waals surface area contributed by atoms with Crippen LogP contribution in [0.5, 0.6) is 0 Å². The summed E-state index contributed by atoms with van der Waals surface area (Å²) >= 11 is 0. The molecule has 1 saturated heterocycles. The third kappa shape index (κ3) is 9.97. The van der Waals surface area contributed by atoms with Gasteiger partial charge >= 0.3 is 0 Å². The van der Waals surface area contributed by atoms with E-state index in [1.807, 2.05) is 65.6 Å². The third-order valence-electron chi connectivity index (χ3n) is 7.78. The molecule has 11 heteroatoms. The van der Waals surface area contributed by atoms with Gasteiger partial charge in [-0.15, -0.1) is 0 Å². The van der Waals surface area contributed by atoms with Crippen LogP contribution in [0.15, 0.2) is 73.2 Å². The molecule has 2 heterocycles. The van der Waals surface area contributed by atoms with E-state index < -0.39 is 23.4 Å². The zero-order valence-electron chi connectivity index (χ0n) is 26.6. The second-order valence-corrected chi connectivity index (χ2v) is 12.3. The highest BCUT2D eigenvalue weighted by Crippen LogP contribution is 2.26. The summed E-state index contributed by atoms with van der Waals surface area (Å²) < 4.78 is 7.58. The molecule has 0 saturated carbocycles. The van der Waals surface area contributed by atoms with Gasteiger partial charge in [-0.25, -0.2) is 14.8 Å². The smallest absolute Gasteiger partial charge is 0.250 e. The quantitative estimate of drug-likeness (QED) is 0.192. The molecule has 1 aromatic heterocycles. The molecule has 2 N–H and O–H groups in total. The van der Waals surface area contributed by atoms with E-state index in [9.17, 15) is 14.4 Å². The number of rotatable bonds is 15. The summed E-state index contributed by atoms with van der Waals surface area (Å²) in [6.45, 7) is 6.54. The fourth-order valence-corrected chi connectivity index (χ4v) is 5.20. The fraction of sp³-hybridized carbons (Fsp3) is 0.471. The minimum Gasteiger partial charge on any atom is -0.374 e. The van der Waals surface area contributed by atoms with E-state index in [1.165, 1.54) is 7.11 Å². The highest BCUT2D eigenvalue weighted by Gasteiger charge is 2.34. The minimum atomic E-state index is -0.952. The number of benzene rings is 2. The number of aromatic nitrogens is 2. The first kappa shape index (κ1) is 33.8. The number of hydrogen-bond acceptors (Lipinski definition) is 7. The predicted octanol–water partition coefficient (Wildman–Crippen LogP) is 4.31. The van der Waals surface area contributed by atoms with E-state index >= 15 is 0 Å². The minimum absolute atomic E-state index is 0.0265. The van der Waals surface area contributed by atoms with E-state index in [-0.39, 0.29) is 30.3 Å². The zero-order valence-corrected chi connectivity index (χ0v) is 26.6. The maximum Gasteiger partial charge on any atom is 0.250 e. The number of anilines is 1. The first-order valence-corrected chi connectivity index (χ1v) is 15.4. The molecule has 0 radical (unpaired) electrons. The molecule has 3 atom stereocenters. The van der Waals surface area contributed by atoms with Crippen LogP contribution >= 0.6 is 0 Å². The van der Waals surface area contributed by atoms with Crippen LogP contribution < -0.4 is 10.6 Å². The van der Waals surface area contributed by atoms with Crippen LogP contribution in [0.4, 0.5) is 5.82 Å². The number of carbonyl (C=O) groups excluding carboxylic acids is 3. The molecule has 1 fully saturated rings. The van der Waals surface area contributed by atoms with E-state index in [0.29, 0.717) is 32.6 Å². The third-order valence-corrected chi connectivity index (χ3v) is 7.78. The number of hydrogen-bond donors (Lipinski definition) is 2. The van der Waals surface area contributed by atoms with E-state index in [4.69, 9.17) is 14.5 Å². The average molecular weight is 620 g/mol. The molecular weight excluding hydrogens is 574 g/mol. The van der Waals surface area contributed by atoms with Gasteiger partial charge < -0.3 is 24.8 Å². The van der Waals surface area contributed by atoms with Crippen LogP contribution in [0.1, 0.15) is 57.2 Å². The van der Waals surface area contributed by atoms with Crippen molar-refractivity contribution in [3.63, 3.8) is 0 Å². The van der Waals surface area contributed by atoms with Crippen molar-refractivity contribution < 1.29 is 28.9 Å². The van der Waals surface area contributed by atoms with Crippen molar-refractivity contribution >= 4 is 23.5 Å². The Hall–Kier alpha value is -4.06. The molecule has 2 unspecified atom stereocenters. The number of likely N-dealkylation sites (tertiary alicyclic amines) is 1. The normalized spacial score (nSPS) is 16.3. The maximum absolute atomic E-state index is 14.0. The number of nitrogens with one attached hydrogen (secondary N) is 2. The average Bonchev–Trinajstić information content (AvgIpc) is 3.70. The number of nitrogens with zero attached hydrogens (tertiary/aromatic N) is 3. The van der Waals surface area contributed by atoms with Gasteiger partial charge in [-0.05, 0) is 36.8 Å². The second kappa shape index (κ2) is 16.3. The Morgan fingerprint density at radius 1 is 1.02 bits per heavy atom. The highest BCUT2D eigenvalue weighted by atomic mass is 17.2. The van der Waals surface area contributed by atoms with Crippen molar-refractivity contribution in [2.75, 3.05) is 32.2 Å². The van der Waals surface area contributed by atoms with Gasteiger partial charge in [0.15, 0.2) is 5.82 Å². The number of aryl methyl sites for hydroxylation is 1. The molecule has 0 spiro atoms. The highest BCUT2D eigenvalue weighted by molar-refractivity contribution is 5.97. The lowest BCUT2D eigenvalue weighted by Gasteiger charge is -2.29. The predicted molar refractivity (Wildman–Crippen MR) is 170 cm³/mol. The molecule has 0 bridgehead atoms. The molecule has 1 aliphatic heterocycles. The summed E-state index contributed by atoms with van der Waals surface area (Å²) in [4.78, 5) is 56.5. The van der Waals surface area contributed by atoms with Gasteiger partial charge in [0.1, 0.15) is 18.7 Å². The summed E-state index contributed by atoms with van der Waals surface area (Å²) in [5, 5.41) is 5.63. The molecule has 2 aromatic carbocycles. The van der Waals surface area contributed by atoms with E-state index in [1.54, 1.807) is 37.9 Å². The van der Waals surface area contributed by atoms with E-state index in [0.717, 1.165) is 24.0 Å². The molecule has 0 aliphatic carbocycles. The molecule has 11 nitrogen and oxygen atoms in total. The standard InChI is InChI=1S/C34H45N5O6/c1-34(2,3)33(42)36-28(23-44-21-26-14-9-6-10-15-26)31(40)37-30-20-38(24-35-30)29(18-17-25-12-7-5-8-13-25)32(41)39-19-11-16-27(39)22-45-43-4/h5-10,12-15,20,24,27-29H,11,16-19,21-23H2,1-4H3,(H,36,42)(H,37,40)/t27?,28-,29?/m1/s1. The topological polar surface area (TPSA) is 124 Å². The van der Waals surface area contributed by atoms with Crippen molar-refractivity contribution in [2.24, 2.45) is 5.41 Å².